The molecule has 1 aromatic rings. The molecule has 0 fully saturated rings. The van der Waals surface area contributed by atoms with Crippen molar-refractivity contribution in [2.45, 2.75) is 27.2 Å². The lowest BCUT2D eigenvalue weighted by atomic mass is 10.1. The molecule has 0 spiro atoms. The molecule has 92 valence electrons. The summed E-state index contributed by atoms with van der Waals surface area (Å²) in [6, 6.07) is 9.82. The molecule has 0 unspecified atom stereocenters. The molecule has 0 saturated carbocycles. The number of hydrogen-bond acceptors (Lipinski definition) is 3. The van der Waals surface area contributed by atoms with Crippen molar-refractivity contribution in [2.24, 2.45) is 10.9 Å². The summed E-state index contributed by atoms with van der Waals surface area (Å²) in [4.78, 5) is 15.3. The summed E-state index contributed by atoms with van der Waals surface area (Å²) in [6.45, 7) is 6.01. The SMILES string of the molecule is CC(=O)OCCC(=Nc1ccccc1)C(C)C. The van der Waals surface area contributed by atoms with Gasteiger partial charge in [0.05, 0.1) is 12.3 Å². The highest BCUT2D eigenvalue weighted by molar-refractivity contribution is 5.88. The van der Waals surface area contributed by atoms with Crippen LogP contribution in [0.2, 0.25) is 0 Å². The summed E-state index contributed by atoms with van der Waals surface area (Å²) in [5.74, 6) is 0.110. The van der Waals surface area contributed by atoms with E-state index in [0.29, 0.717) is 18.9 Å². The summed E-state index contributed by atoms with van der Waals surface area (Å²) in [5, 5.41) is 0. The van der Waals surface area contributed by atoms with E-state index in [1.807, 2.05) is 30.3 Å². The van der Waals surface area contributed by atoms with Gasteiger partial charge in [-0.05, 0) is 18.1 Å². The molecule has 0 aromatic heterocycles. The van der Waals surface area contributed by atoms with Crippen molar-refractivity contribution in [3.05, 3.63) is 30.3 Å². The third kappa shape index (κ3) is 5.29. The molecule has 0 bridgehead atoms. The van der Waals surface area contributed by atoms with Crippen molar-refractivity contribution in [3.8, 4) is 0 Å². The Balaban J connectivity index is 2.66. The average molecular weight is 233 g/mol. The largest absolute Gasteiger partial charge is 0.465 e. The summed E-state index contributed by atoms with van der Waals surface area (Å²) < 4.78 is 4.94. The maximum atomic E-state index is 10.7. The Bertz CT molecular complexity index is 382. The lowest BCUT2D eigenvalue weighted by Gasteiger charge is -2.10. The average Bonchev–Trinajstić information content (AvgIpc) is 2.28. The number of para-hydroxylation sites is 1. The molecular formula is C14H19NO2. The first-order valence-corrected chi connectivity index (χ1v) is 5.85. The maximum absolute atomic E-state index is 10.7. The van der Waals surface area contributed by atoms with E-state index in [9.17, 15) is 4.79 Å². The van der Waals surface area contributed by atoms with E-state index in [4.69, 9.17) is 4.74 Å². The van der Waals surface area contributed by atoms with Gasteiger partial charge >= 0.3 is 5.97 Å². The first kappa shape index (κ1) is 13.4. The third-order valence-electron chi connectivity index (χ3n) is 2.36. The van der Waals surface area contributed by atoms with Gasteiger partial charge in [-0.1, -0.05) is 32.0 Å². The Labute approximate surface area is 103 Å². The second-order valence-corrected chi connectivity index (χ2v) is 4.18. The number of esters is 1. The normalized spacial score (nSPS) is 11.6. The number of carbonyl (C=O) groups is 1. The first-order chi connectivity index (χ1) is 8.09. The van der Waals surface area contributed by atoms with Gasteiger partial charge < -0.3 is 4.74 Å². The van der Waals surface area contributed by atoms with Crippen LogP contribution < -0.4 is 0 Å². The number of rotatable bonds is 5. The van der Waals surface area contributed by atoms with E-state index >= 15 is 0 Å². The fourth-order valence-corrected chi connectivity index (χ4v) is 1.44. The minimum absolute atomic E-state index is 0.243. The van der Waals surface area contributed by atoms with Gasteiger partial charge in [0.2, 0.25) is 0 Å². The van der Waals surface area contributed by atoms with E-state index in [0.717, 1.165) is 11.4 Å². The predicted octanol–water partition coefficient (Wildman–Crippen LogP) is 3.37. The molecule has 3 heteroatoms. The predicted molar refractivity (Wildman–Crippen MR) is 69.6 cm³/mol. The van der Waals surface area contributed by atoms with Gasteiger partial charge in [0.1, 0.15) is 0 Å². The number of benzene rings is 1. The molecule has 0 saturated heterocycles. The number of aliphatic imine (C=N–C) groups is 1. The van der Waals surface area contributed by atoms with E-state index in [1.165, 1.54) is 6.92 Å². The van der Waals surface area contributed by atoms with Crippen LogP contribution in [-0.2, 0) is 9.53 Å². The van der Waals surface area contributed by atoms with E-state index in [2.05, 4.69) is 18.8 Å². The number of ether oxygens (including phenoxy) is 1. The zero-order valence-electron chi connectivity index (χ0n) is 10.6. The molecule has 0 aliphatic rings. The Morgan fingerprint density at radius 3 is 2.47 bits per heavy atom. The van der Waals surface area contributed by atoms with Crippen LogP contribution in [0.3, 0.4) is 0 Å². The van der Waals surface area contributed by atoms with Gasteiger partial charge in [-0.25, -0.2) is 0 Å². The molecule has 1 rings (SSSR count). The molecule has 0 atom stereocenters. The van der Waals surface area contributed by atoms with Crippen LogP contribution in [-0.4, -0.2) is 18.3 Å². The lowest BCUT2D eigenvalue weighted by Crippen LogP contribution is -2.12. The van der Waals surface area contributed by atoms with Crippen LogP contribution in [0.1, 0.15) is 27.2 Å². The van der Waals surface area contributed by atoms with Crippen LogP contribution in [0.4, 0.5) is 5.69 Å². The van der Waals surface area contributed by atoms with Crippen LogP contribution >= 0.6 is 0 Å². The van der Waals surface area contributed by atoms with Crippen molar-refractivity contribution in [1.29, 1.82) is 0 Å². The first-order valence-electron chi connectivity index (χ1n) is 5.85. The third-order valence-corrected chi connectivity index (χ3v) is 2.36. The highest BCUT2D eigenvalue weighted by Crippen LogP contribution is 2.14. The Morgan fingerprint density at radius 2 is 1.94 bits per heavy atom. The lowest BCUT2D eigenvalue weighted by molar-refractivity contribution is -0.140. The van der Waals surface area contributed by atoms with E-state index in [-0.39, 0.29) is 5.97 Å². The minimum atomic E-state index is -0.243. The van der Waals surface area contributed by atoms with Crippen LogP contribution in [0.5, 0.6) is 0 Å². The topological polar surface area (TPSA) is 38.7 Å². The smallest absolute Gasteiger partial charge is 0.302 e. The minimum Gasteiger partial charge on any atom is -0.465 e. The Kier molecular flexibility index (Phi) is 5.40. The molecule has 17 heavy (non-hydrogen) atoms. The second-order valence-electron chi connectivity index (χ2n) is 4.18. The van der Waals surface area contributed by atoms with Crippen LogP contribution in [0, 0.1) is 5.92 Å². The van der Waals surface area contributed by atoms with Crippen molar-refractivity contribution < 1.29 is 9.53 Å². The van der Waals surface area contributed by atoms with Crippen molar-refractivity contribution in [2.75, 3.05) is 6.61 Å². The zero-order valence-corrected chi connectivity index (χ0v) is 10.6. The molecule has 0 aliphatic carbocycles. The van der Waals surface area contributed by atoms with Gasteiger partial charge in [-0.3, -0.25) is 9.79 Å². The molecule has 0 heterocycles. The summed E-state index contributed by atoms with van der Waals surface area (Å²) >= 11 is 0. The van der Waals surface area contributed by atoms with Gasteiger partial charge in [-0.2, -0.15) is 0 Å². The monoisotopic (exact) mass is 233 g/mol. The molecule has 0 radical (unpaired) electrons. The van der Waals surface area contributed by atoms with Gasteiger partial charge in [0, 0.05) is 19.1 Å². The van der Waals surface area contributed by atoms with Crippen molar-refractivity contribution >= 4 is 17.4 Å². The second kappa shape index (κ2) is 6.84. The molecule has 3 nitrogen and oxygen atoms in total. The zero-order chi connectivity index (χ0) is 12.7. The highest BCUT2D eigenvalue weighted by atomic mass is 16.5. The molecule has 0 N–H and O–H groups in total. The summed E-state index contributed by atoms with van der Waals surface area (Å²) in [5.41, 5.74) is 2.00. The summed E-state index contributed by atoms with van der Waals surface area (Å²) in [6.07, 6.45) is 0.687. The van der Waals surface area contributed by atoms with E-state index in [1.54, 1.807) is 0 Å². The van der Waals surface area contributed by atoms with Crippen LogP contribution in [0.25, 0.3) is 0 Å². The van der Waals surface area contributed by atoms with Crippen LogP contribution in [0.15, 0.2) is 35.3 Å². The van der Waals surface area contributed by atoms with Crippen molar-refractivity contribution in [3.63, 3.8) is 0 Å². The quantitative estimate of drug-likeness (QED) is 0.577. The molecule has 0 amide bonds. The molecule has 0 aliphatic heterocycles. The fraction of sp³-hybridized carbons (Fsp3) is 0.429. The summed E-state index contributed by atoms with van der Waals surface area (Å²) in [7, 11) is 0. The molecule has 1 aromatic carbocycles. The number of carbonyl (C=O) groups excluding carboxylic acids is 1. The number of hydrogen-bond donors (Lipinski definition) is 0. The van der Waals surface area contributed by atoms with E-state index < -0.39 is 0 Å². The highest BCUT2D eigenvalue weighted by Gasteiger charge is 2.06. The maximum Gasteiger partial charge on any atom is 0.302 e. The Morgan fingerprint density at radius 1 is 1.29 bits per heavy atom. The molecular weight excluding hydrogens is 214 g/mol. The standard InChI is InChI=1S/C14H19NO2/c1-11(2)14(9-10-17-12(3)16)15-13-7-5-4-6-8-13/h4-8,11H,9-10H2,1-3H3. The fourth-order valence-electron chi connectivity index (χ4n) is 1.44. The van der Waals surface area contributed by atoms with Crippen molar-refractivity contribution in [1.82, 2.24) is 0 Å². The number of nitrogens with zero attached hydrogens (tertiary/aromatic N) is 1. The van der Waals surface area contributed by atoms with Gasteiger partial charge in [0.25, 0.3) is 0 Å². The Hall–Kier alpha value is -1.64. The van der Waals surface area contributed by atoms with Gasteiger partial charge in [0.15, 0.2) is 0 Å². The van der Waals surface area contributed by atoms with Gasteiger partial charge in [-0.15, -0.1) is 0 Å².